The van der Waals surface area contributed by atoms with E-state index in [0.717, 1.165) is 41.9 Å². The molecule has 2 heterocycles. The number of alkyl halides is 2. The number of halogens is 2. The standard InChI is InChI=1S/C28H28F2N4O2/c29-27(30)21-5-3-20(4-6-21)18-36-24-10-8-23(9-11-24)34-19-32-25-17-22(7-12-26(25)34)28(35)31-13-16-33-14-1-2-15-33/h3-12,17,19,27H,1-2,13-16,18H2,(H,31,35). The highest BCUT2D eigenvalue weighted by Crippen LogP contribution is 2.23. The molecule has 0 unspecified atom stereocenters. The summed E-state index contributed by atoms with van der Waals surface area (Å²) in [5, 5.41) is 3.00. The van der Waals surface area contributed by atoms with Crippen molar-refractivity contribution >= 4 is 16.9 Å². The number of benzene rings is 3. The van der Waals surface area contributed by atoms with Crippen LogP contribution in [0.15, 0.2) is 73.1 Å². The first-order chi connectivity index (χ1) is 17.6. The molecule has 0 bridgehead atoms. The van der Waals surface area contributed by atoms with Crippen molar-refractivity contribution in [2.24, 2.45) is 0 Å². The highest BCUT2D eigenvalue weighted by molar-refractivity contribution is 5.97. The van der Waals surface area contributed by atoms with Gasteiger partial charge in [0.15, 0.2) is 0 Å². The van der Waals surface area contributed by atoms with Gasteiger partial charge in [0.2, 0.25) is 0 Å². The van der Waals surface area contributed by atoms with Crippen LogP contribution in [0, 0.1) is 0 Å². The Labute approximate surface area is 208 Å². The molecule has 36 heavy (non-hydrogen) atoms. The van der Waals surface area contributed by atoms with Crippen molar-refractivity contribution in [2.75, 3.05) is 26.2 Å². The van der Waals surface area contributed by atoms with Crippen molar-refractivity contribution in [1.82, 2.24) is 19.8 Å². The molecule has 0 aliphatic carbocycles. The van der Waals surface area contributed by atoms with E-state index in [-0.39, 0.29) is 11.5 Å². The van der Waals surface area contributed by atoms with Crippen LogP contribution in [-0.2, 0) is 6.61 Å². The van der Waals surface area contributed by atoms with E-state index < -0.39 is 6.43 Å². The zero-order valence-electron chi connectivity index (χ0n) is 19.9. The number of nitrogens with zero attached hydrogens (tertiary/aromatic N) is 3. The Hall–Kier alpha value is -3.78. The summed E-state index contributed by atoms with van der Waals surface area (Å²) in [6.07, 6.45) is 1.74. The lowest BCUT2D eigenvalue weighted by Gasteiger charge is -2.14. The van der Waals surface area contributed by atoms with E-state index in [0.29, 0.717) is 24.5 Å². The van der Waals surface area contributed by atoms with Crippen molar-refractivity contribution in [2.45, 2.75) is 25.9 Å². The summed E-state index contributed by atoms with van der Waals surface area (Å²) in [5.41, 5.74) is 3.97. The zero-order valence-corrected chi connectivity index (χ0v) is 19.9. The van der Waals surface area contributed by atoms with Crippen molar-refractivity contribution < 1.29 is 18.3 Å². The molecule has 1 aliphatic rings. The van der Waals surface area contributed by atoms with E-state index >= 15 is 0 Å². The fourth-order valence-electron chi connectivity index (χ4n) is 4.42. The number of hydrogen-bond donors (Lipinski definition) is 1. The molecule has 1 amide bonds. The predicted molar refractivity (Wildman–Crippen MR) is 135 cm³/mol. The first-order valence-electron chi connectivity index (χ1n) is 12.1. The third kappa shape index (κ3) is 5.54. The Bertz CT molecular complexity index is 1310. The van der Waals surface area contributed by atoms with E-state index in [1.165, 1.54) is 25.0 Å². The Morgan fingerprint density at radius 3 is 2.47 bits per heavy atom. The number of nitrogens with one attached hydrogen (secondary N) is 1. The first-order valence-corrected chi connectivity index (χ1v) is 12.1. The van der Waals surface area contributed by atoms with Crippen molar-refractivity contribution in [3.8, 4) is 11.4 Å². The lowest BCUT2D eigenvalue weighted by molar-refractivity contribution is 0.0950. The zero-order chi connectivity index (χ0) is 24.9. The van der Waals surface area contributed by atoms with Crippen LogP contribution >= 0.6 is 0 Å². The van der Waals surface area contributed by atoms with Crippen LogP contribution in [0.1, 0.15) is 40.8 Å². The summed E-state index contributed by atoms with van der Waals surface area (Å²) in [6, 6.07) is 19.2. The van der Waals surface area contributed by atoms with E-state index in [1.54, 1.807) is 18.5 Å². The molecule has 6 nitrogen and oxygen atoms in total. The van der Waals surface area contributed by atoms with Gasteiger partial charge in [-0.25, -0.2) is 13.8 Å². The van der Waals surface area contributed by atoms with E-state index in [4.69, 9.17) is 4.74 Å². The second-order valence-corrected chi connectivity index (χ2v) is 8.95. The van der Waals surface area contributed by atoms with Gasteiger partial charge in [-0.05, 0) is 74.0 Å². The molecular weight excluding hydrogens is 462 g/mol. The van der Waals surface area contributed by atoms with Gasteiger partial charge in [0.25, 0.3) is 12.3 Å². The average Bonchev–Trinajstić information content (AvgIpc) is 3.58. The third-order valence-electron chi connectivity index (χ3n) is 6.47. The highest BCUT2D eigenvalue weighted by Gasteiger charge is 2.13. The van der Waals surface area contributed by atoms with Crippen LogP contribution in [0.3, 0.4) is 0 Å². The van der Waals surface area contributed by atoms with Gasteiger partial charge in [0.05, 0.1) is 11.0 Å². The molecule has 0 saturated carbocycles. The molecular formula is C28H28F2N4O2. The van der Waals surface area contributed by atoms with Crippen LogP contribution in [0.2, 0.25) is 0 Å². The van der Waals surface area contributed by atoms with Gasteiger partial charge in [0, 0.05) is 29.9 Å². The maximum absolute atomic E-state index is 12.7. The van der Waals surface area contributed by atoms with E-state index in [9.17, 15) is 13.6 Å². The van der Waals surface area contributed by atoms with Crippen LogP contribution in [0.25, 0.3) is 16.7 Å². The summed E-state index contributed by atoms with van der Waals surface area (Å²) >= 11 is 0. The molecule has 1 aromatic heterocycles. The number of amides is 1. The van der Waals surface area contributed by atoms with E-state index in [1.807, 2.05) is 47.0 Å². The molecule has 186 valence electrons. The second-order valence-electron chi connectivity index (χ2n) is 8.95. The lowest BCUT2D eigenvalue weighted by atomic mass is 10.1. The molecule has 0 atom stereocenters. The number of aromatic nitrogens is 2. The molecule has 8 heteroatoms. The number of ether oxygens (including phenoxy) is 1. The SMILES string of the molecule is O=C(NCCN1CCCC1)c1ccc2c(c1)ncn2-c1ccc(OCc2ccc(C(F)F)cc2)cc1. The van der Waals surface area contributed by atoms with Gasteiger partial charge in [-0.3, -0.25) is 9.36 Å². The Morgan fingerprint density at radius 2 is 1.75 bits per heavy atom. The van der Waals surface area contributed by atoms with Crippen LogP contribution in [-0.4, -0.2) is 46.5 Å². The predicted octanol–water partition coefficient (Wildman–Crippen LogP) is 5.37. The number of imidazole rings is 1. The van der Waals surface area contributed by atoms with Crippen LogP contribution in [0.4, 0.5) is 8.78 Å². The smallest absolute Gasteiger partial charge is 0.263 e. The lowest BCUT2D eigenvalue weighted by Crippen LogP contribution is -2.33. The maximum Gasteiger partial charge on any atom is 0.263 e. The molecule has 4 aromatic rings. The maximum atomic E-state index is 12.7. The molecule has 3 aromatic carbocycles. The summed E-state index contributed by atoms with van der Waals surface area (Å²) in [4.78, 5) is 19.4. The fraction of sp³-hybridized carbons (Fsp3) is 0.286. The fourth-order valence-corrected chi connectivity index (χ4v) is 4.42. The van der Waals surface area contributed by atoms with Gasteiger partial charge < -0.3 is 15.0 Å². The highest BCUT2D eigenvalue weighted by atomic mass is 19.3. The van der Waals surface area contributed by atoms with Crippen LogP contribution < -0.4 is 10.1 Å². The van der Waals surface area contributed by atoms with Gasteiger partial charge in [-0.1, -0.05) is 24.3 Å². The minimum Gasteiger partial charge on any atom is -0.489 e. The molecule has 1 fully saturated rings. The van der Waals surface area contributed by atoms with Crippen molar-refractivity contribution in [3.63, 3.8) is 0 Å². The van der Waals surface area contributed by atoms with Gasteiger partial charge in [0.1, 0.15) is 18.7 Å². The number of rotatable bonds is 9. The van der Waals surface area contributed by atoms with Gasteiger partial charge >= 0.3 is 0 Å². The quantitative estimate of drug-likeness (QED) is 0.343. The molecule has 5 rings (SSSR count). The summed E-state index contributed by atoms with van der Waals surface area (Å²) < 4.78 is 33.1. The minimum absolute atomic E-state index is 0.000862. The van der Waals surface area contributed by atoms with Gasteiger partial charge in [-0.15, -0.1) is 0 Å². The minimum atomic E-state index is -2.47. The van der Waals surface area contributed by atoms with Gasteiger partial charge in [-0.2, -0.15) is 0 Å². The molecule has 1 aliphatic heterocycles. The number of likely N-dealkylation sites (tertiary alicyclic amines) is 1. The Morgan fingerprint density at radius 1 is 1.00 bits per heavy atom. The molecule has 1 saturated heterocycles. The van der Waals surface area contributed by atoms with Crippen LogP contribution in [0.5, 0.6) is 5.75 Å². The first kappa shape index (κ1) is 23.9. The summed E-state index contributed by atoms with van der Waals surface area (Å²) in [6.45, 7) is 4.04. The summed E-state index contributed by atoms with van der Waals surface area (Å²) in [5.74, 6) is 0.588. The van der Waals surface area contributed by atoms with Crippen molar-refractivity contribution in [3.05, 3.63) is 89.7 Å². The Kier molecular flexibility index (Phi) is 7.23. The third-order valence-corrected chi connectivity index (χ3v) is 6.47. The largest absolute Gasteiger partial charge is 0.489 e. The molecule has 1 N–H and O–H groups in total. The van der Waals surface area contributed by atoms with Crippen molar-refractivity contribution in [1.29, 1.82) is 0 Å². The number of hydrogen-bond acceptors (Lipinski definition) is 4. The van der Waals surface area contributed by atoms with E-state index in [2.05, 4.69) is 15.2 Å². The Balaban J connectivity index is 1.20. The normalized spacial score (nSPS) is 14.0. The molecule has 0 radical (unpaired) electrons. The second kappa shape index (κ2) is 10.9. The summed E-state index contributed by atoms with van der Waals surface area (Å²) in [7, 11) is 0. The topological polar surface area (TPSA) is 59.4 Å². The average molecular weight is 491 g/mol. The number of carbonyl (C=O) groups excluding carboxylic acids is 1. The monoisotopic (exact) mass is 490 g/mol. The molecule has 0 spiro atoms. The number of carbonyl (C=O) groups is 1. The number of fused-ring (bicyclic) bond motifs is 1.